The van der Waals surface area contributed by atoms with E-state index in [9.17, 15) is 0 Å². The second-order valence-corrected chi connectivity index (χ2v) is 5.20. The van der Waals surface area contributed by atoms with Gasteiger partial charge in [-0.2, -0.15) is 11.8 Å². The molecule has 0 spiro atoms. The molecule has 0 atom stereocenters. The molecule has 60 valence electrons. The molecule has 0 unspecified atom stereocenters. The van der Waals surface area contributed by atoms with Crippen molar-refractivity contribution in [2.24, 2.45) is 0 Å². The van der Waals surface area contributed by atoms with Gasteiger partial charge >= 0.3 is 0 Å². The molecule has 0 heterocycles. The summed E-state index contributed by atoms with van der Waals surface area (Å²) >= 11 is 7.38. The van der Waals surface area contributed by atoms with Crippen molar-refractivity contribution in [2.75, 3.05) is 11.6 Å². The minimum absolute atomic E-state index is 0.372. The molecule has 0 aromatic carbocycles. The van der Waals surface area contributed by atoms with Gasteiger partial charge in [-0.1, -0.05) is 32.9 Å². The van der Waals surface area contributed by atoms with E-state index < -0.39 is 0 Å². The van der Waals surface area contributed by atoms with Gasteiger partial charge in [0.05, 0.1) is 0 Å². The molecule has 0 nitrogen and oxygen atoms in total. The smallest absolute Gasteiger partial charge is 0.0404 e. The molecule has 0 aliphatic heterocycles. The molecule has 10 heavy (non-hydrogen) atoms. The Hall–Kier alpha value is 0.380. The van der Waals surface area contributed by atoms with Crippen LogP contribution in [0.1, 0.15) is 20.8 Å². The predicted molar refractivity (Wildman–Crippen MR) is 52.1 cm³/mol. The standard InChI is InChI=1S/C8H15ClS/c1-8(2,3)10-7-5-4-6-9/h4-5H,6-7H2,1-3H3/b5-4+. The maximum absolute atomic E-state index is 5.46. The third kappa shape index (κ3) is 8.38. The van der Waals surface area contributed by atoms with E-state index in [2.05, 4.69) is 26.8 Å². The van der Waals surface area contributed by atoms with Crippen molar-refractivity contribution in [3.05, 3.63) is 12.2 Å². The third-order valence-corrected chi connectivity index (χ3v) is 2.27. The largest absolute Gasteiger partial charge is 0.152 e. The van der Waals surface area contributed by atoms with Gasteiger partial charge in [0, 0.05) is 16.4 Å². The molecule has 0 N–H and O–H groups in total. The van der Waals surface area contributed by atoms with Crippen molar-refractivity contribution < 1.29 is 0 Å². The normalized spacial score (nSPS) is 12.8. The Balaban J connectivity index is 3.28. The Labute approximate surface area is 73.0 Å². The van der Waals surface area contributed by atoms with Crippen LogP contribution in [0, 0.1) is 0 Å². The van der Waals surface area contributed by atoms with Crippen molar-refractivity contribution in [3.8, 4) is 0 Å². The zero-order valence-corrected chi connectivity index (χ0v) is 8.43. The lowest BCUT2D eigenvalue weighted by Crippen LogP contribution is -2.07. The number of hydrogen-bond acceptors (Lipinski definition) is 1. The lowest BCUT2D eigenvalue weighted by atomic mass is 10.3. The molecular weight excluding hydrogens is 164 g/mol. The molecule has 0 radical (unpaired) electrons. The van der Waals surface area contributed by atoms with Gasteiger partial charge in [0.1, 0.15) is 0 Å². The average molecular weight is 179 g/mol. The fourth-order valence-corrected chi connectivity index (χ4v) is 1.29. The topological polar surface area (TPSA) is 0 Å². The van der Waals surface area contributed by atoms with E-state index in [1.165, 1.54) is 0 Å². The third-order valence-electron chi connectivity index (χ3n) is 0.868. The quantitative estimate of drug-likeness (QED) is 0.472. The molecule has 0 bridgehead atoms. The summed E-state index contributed by atoms with van der Waals surface area (Å²) in [7, 11) is 0. The van der Waals surface area contributed by atoms with Crippen LogP contribution in [0.3, 0.4) is 0 Å². The Morgan fingerprint density at radius 3 is 2.30 bits per heavy atom. The summed E-state index contributed by atoms with van der Waals surface area (Å²) < 4.78 is 0.372. The molecule has 0 saturated heterocycles. The van der Waals surface area contributed by atoms with E-state index in [0.29, 0.717) is 10.6 Å². The molecule has 0 saturated carbocycles. The van der Waals surface area contributed by atoms with Gasteiger partial charge in [-0.25, -0.2) is 0 Å². The second-order valence-electron chi connectivity index (χ2n) is 3.05. The van der Waals surface area contributed by atoms with Gasteiger partial charge in [-0.05, 0) is 0 Å². The second kappa shape index (κ2) is 5.09. The lowest BCUT2D eigenvalue weighted by Gasteiger charge is -2.15. The maximum atomic E-state index is 5.46. The highest BCUT2D eigenvalue weighted by Crippen LogP contribution is 2.22. The first-order chi connectivity index (χ1) is 4.56. The van der Waals surface area contributed by atoms with Gasteiger partial charge in [0.2, 0.25) is 0 Å². The Morgan fingerprint density at radius 2 is 1.90 bits per heavy atom. The molecule has 0 aromatic rings. The molecule has 2 heteroatoms. The molecule has 0 rings (SSSR count). The van der Waals surface area contributed by atoms with E-state index >= 15 is 0 Å². The summed E-state index contributed by atoms with van der Waals surface area (Å²) in [4.78, 5) is 0. The van der Waals surface area contributed by atoms with Crippen LogP contribution in [0.4, 0.5) is 0 Å². The first-order valence-electron chi connectivity index (χ1n) is 3.41. The summed E-state index contributed by atoms with van der Waals surface area (Å²) in [5.74, 6) is 1.70. The fourth-order valence-electron chi connectivity index (χ4n) is 0.429. The zero-order chi connectivity index (χ0) is 8.04. The number of thioether (sulfide) groups is 1. The number of allylic oxidation sites excluding steroid dienone is 1. The van der Waals surface area contributed by atoms with Crippen LogP contribution in [0.15, 0.2) is 12.2 Å². The number of rotatable bonds is 3. The fraction of sp³-hybridized carbons (Fsp3) is 0.750. The summed E-state index contributed by atoms with van der Waals surface area (Å²) in [6, 6.07) is 0. The Bertz CT molecular complexity index is 102. The zero-order valence-electron chi connectivity index (χ0n) is 6.86. The van der Waals surface area contributed by atoms with Crippen LogP contribution in [-0.2, 0) is 0 Å². The van der Waals surface area contributed by atoms with E-state index in [-0.39, 0.29) is 0 Å². The minimum Gasteiger partial charge on any atom is -0.152 e. The van der Waals surface area contributed by atoms with Crippen LogP contribution in [0.25, 0.3) is 0 Å². The van der Waals surface area contributed by atoms with Crippen molar-refractivity contribution in [1.29, 1.82) is 0 Å². The Morgan fingerprint density at radius 1 is 1.30 bits per heavy atom. The van der Waals surface area contributed by atoms with Crippen molar-refractivity contribution >= 4 is 23.4 Å². The van der Waals surface area contributed by atoms with Gasteiger partial charge in [-0.15, -0.1) is 11.6 Å². The van der Waals surface area contributed by atoms with Crippen LogP contribution < -0.4 is 0 Å². The van der Waals surface area contributed by atoms with Crippen LogP contribution in [0.5, 0.6) is 0 Å². The number of hydrogen-bond donors (Lipinski definition) is 0. The molecule has 0 fully saturated rings. The number of halogens is 1. The molecule has 0 amide bonds. The van der Waals surface area contributed by atoms with Crippen molar-refractivity contribution in [1.82, 2.24) is 0 Å². The first kappa shape index (κ1) is 10.4. The van der Waals surface area contributed by atoms with E-state index in [0.717, 1.165) is 5.75 Å². The average Bonchev–Trinajstić information content (AvgIpc) is 1.78. The SMILES string of the molecule is CC(C)(C)SC/C=C/CCl. The highest BCUT2D eigenvalue weighted by molar-refractivity contribution is 8.00. The van der Waals surface area contributed by atoms with Crippen LogP contribution >= 0.6 is 23.4 Å². The van der Waals surface area contributed by atoms with Gasteiger partial charge in [0.25, 0.3) is 0 Å². The van der Waals surface area contributed by atoms with Crippen LogP contribution in [-0.4, -0.2) is 16.4 Å². The van der Waals surface area contributed by atoms with Gasteiger partial charge < -0.3 is 0 Å². The predicted octanol–water partition coefficient (Wildman–Crippen LogP) is 3.31. The van der Waals surface area contributed by atoms with E-state index in [1.807, 2.05) is 17.8 Å². The number of alkyl halides is 1. The molecule has 0 aliphatic rings. The monoisotopic (exact) mass is 178 g/mol. The maximum Gasteiger partial charge on any atom is 0.0404 e. The van der Waals surface area contributed by atoms with Gasteiger partial charge in [0.15, 0.2) is 0 Å². The summed E-state index contributed by atoms with van der Waals surface area (Å²) in [6.45, 7) is 6.64. The lowest BCUT2D eigenvalue weighted by molar-refractivity contribution is 0.804. The van der Waals surface area contributed by atoms with E-state index in [4.69, 9.17) is 11.6 Å². The summed E-state index contributed by atoms with van der Waals surface area (Å²) in [5, 5.41) is 0. The van der Waals surface area contributed by atoms with Crippen LogP contribution in [0.2, 0.25) is 0 Å². The minimum atomic E-state index is 0.372. The summed E-state index contributed by atoms with van der Waals surface area (Å²) in [6.07, 6.45) is 4.10. The summed E-state index contributed by atoms with van der Waals surface area (Å²) in [5.41, 5.74) is 0. The van der Waals surface area contributed by atoms with Crippen molar-refractivity contribution in [3.63, 3.8) is 0 Å². The molecule has 0 aromatic heterocycles. The highest BCUT2D eigenvalue weighted by atomic mass is 35.5. The van der Waals surface area contributed by atoms with E-state index in [1.54, 1.807) is 0 Å². The highest BCUT2D eigenvalue weighted by Gasteiger charge is 2.07. The molecule has 0 aliphatic carbocycles. The Kier molecular flexibility index (Phi) is 5.28. The first-order valence-corrected chi connectivity index (χ1v) is 4.93. The molecular formula is C8H15ClS. The van der Waals surface area contributed by atoms with Gasteiger partial charge in [-0.3, -0.25) is 0 Å². The van der Waals surface area contributed by atoms with Crippen molar-refractivity contribution in [2.45, 2.75) is 25.5 Å².